The third-order valence-corrected chi connectivity index (χ3v) is 20.8. The summed E-state index contributed by atoms with van der Waals surface area (Å²) < 4.78 is 4.34. The SMILES string of the molecule is c1ccc(-c2ccc(N(c3ccc(-c4ccccc4)cc3)c3ccc(-c4ccc5c6ccccc6n(-c6ncc(-c7ccccc7)cn6)c5c4)cc3)cc2)cc1.c1ccc(-c2ccc(N(c3ccccc3)c3ccc(-c4ccc5c(c4)c4ccccc4n5-c4nc(-c5ccccc5)nc(-c5ccccc5)n4)cc3)cc2)cc1. The first-order valence-electron chi connectivity index (χ1n) is 37.7. The Labute approximate surface area is 649 Å². The monoisotopic (exact) mass is 1430 g/mol. The van der Waals surface area contributed by atoms with Crippen LogP contribution in [-0.2, 0) is 0 Å². The van der Waals surface area contributed by atoms with Crippen molar-refractivity contribution in [1.29, 1.82) is 0 Å². The molecule has 0 unspecified atom stereocenters. The lowest BCUT2D eigenvalue weighted by Gasteiger charge is -2.26. The van der Waals surface area contributed by atoms with Crippen LogP contribution in [-0.4, -0.2) is 34.1 Å². The van der Waals surface area contributed by atoms with Gasteiger partial charge in [0.05, 0.1) is 22.1 Å². The largest absolute Gasteiger partial charge is 0.311 e. The van der Waals surface area contributed by atoms with E-state index in [2.05, 4.69) is 359 Å². The van der Waals surface area contributed by atoms with Gasteiger partial charge >= 0.3 is 0 Å². The Balaban J connectivity index is 0.000000151. The van der Waals surface area contributed by atoms with Gasteiger partial charge in [-0.25, -0.2) is 15.0 Å². The number of aromatic nitrogens is 7. The summed E-state index contributed by atoms with van der Waals surface area (Å²) >= 11 is 0. The molecule has 0 saturated carbocycles. The van der Waals surface area contributed by atoms with E-state index in [0.717, 1.165) is 111 Å². The number of hydrogen-bond acceptors (Lipinski definition) is 7. The van der Waals surface area contributed by atoms with Gasteiger partial charge in [-0.3, -0.25) is 9.13 Å². The molecule has 9 nitrogen and oxygen atoms in total. The predicted molar refractivity (Wildman–Crippen MR) is 463 cm³/mol. The molecule has 0 atom stereocenters. The van der Waals surface area contributed by atoms with Crippen LogP contribution >= 0.6 is 0 Å². The minimum Gasteiger partial charge on any atom is -0.311 e. The third-order valence-electron chi connectivity index (χ3n) is 20.8. The van der Waals surface area contributed by atoms with Gasteiger partial charge in [0.25, 0.3) is 0 Å². The first-order chi connectivity index (χ1) is 55.5. The van der Waals surface area contributed by atoms with Gasteiger partial charge in [-0.1, -0.05) is 315 Å². The van der Waals surface area contributed by atoms with Crippen molar-refractivity contribution >= 4 is 77.7 Å². The lowest BCUT2D eigenvalue weighted by molar-refractivity contribution is 0.953. The molecule has 0 aliphatic rings. The normalized spacial score (nSPS) is 11.2. The van der Waals surface area contributed by atoms with Crippen LogP contribution in [0.2, 0.25) is 0 Å². The van der Waals surface area contributed by atoms with Crippen molar-refractivity contribution in [1.82, 2.24) is 34.1 Å². The summed E-state index contributed by atoms with van der Waals surface area (Å²) in [5.74, 6) is 2.50. The van der Waals surface area contributed by atoms with Crippen LogP contribution in [0.25, 0.3) is 145 Å². The molecule has 0 N–H and O–H groups in total. The van der Waals surface area contributed by atoms with Gasteiger partial charge < -0.3 is 9.80 Å². The standard InChI is InChI=1S/C52H36N4.C51H35N5/c1-4-12-37(13-5-1)40-20-27-45(28-21-40)55(46-29-22-41(23-30-46)38-14-6-2-7-15-38)47-31-24-42(25-32-47)43-26-33-49-48-18-10-11-19-50(48)56(51(49)34-43)52-53-35-44(36-54-52)39-16-8-3-9-17-39;1-5-15-36(16-6-1)37-25-30-43(31-26-37)55(42-21-11-4-12-22-42)44-32-27-38(28-33-44)41-29-34-48-46(35-41)45-23-13-14-24-47(45)56(48)51-53-49(39-17-7-2-8-18-39)52-50(54-51)40-19-9-3-10-20-40/h1-36H;1-35H. The molecule has 16 aromatic carbocycles. The smallest absolute Gasteiger partial charge is 0.238 e. The molecule has 0 radical (unpaired) electrons. The molecule has 112 heavy (non-hydrogen) atoms. The maximum Gasteiger partial charge on any atom is 0.238 e. The summed E-state index contributed by atoms with van der Waals surface area (Å²) in [6.45, 7) is 0. The summed E-state index contributed by atoms with van der Waals surface area (Å²) in [5.41, 5.74) is 26.4. The van der Waals surface area contributed by atoms with Crippen LogP contribution in [0, 0.1) is 0 Å². The lowest BCUT2D eigenvalue weighted by Crippen LogP contribution is -2.09. The molecular formula is C103H71N9. The molecule has 0 amide bonds. The maximum atomic E-state index is 5.08. The van der Waals surface area contributed by atoms with Gasteiger partial charge in [0.15, 0.2) is 11.6 Å². The molecule has 20 rings (SSSR count). The van der Waals surface area contributed by atoms with E-state index >= 15 is 0 Å². The van der Waals surface area contributed by atoms with Gasteiger partial charge in [-0.2, -0.15) is 9.97 Å². The number of benzene rings is 16. The van der Waals surface area contributed by atoms with E-state index in [1.807, 2.05) is 91.3 Å². The molecule has 9 heteroatoms. The van der Waals surface area contributed by atoms with Crippen molar-refractivity contribution in [3.63, 3.8) is 0 Å². The summed E-state index contributed by atoms with van der Waals surface area (Å²) in [6.07, 6.45) is 3.83. The number of rotatable bonds is 16. The van der Waals surface area contributed by atoms with E-state index in [1.165, 1.54) is 44.2 Å². The fraction of sp³-hybridized carbons (Fsp3) is 0. The van der Waals surface area contributed by atoms with Crippen molar-refractivity contribution < 1.29 is 0 Å². The van der Waals surface area contributed by atoms with Crippen molar-refractivity contribution in [3.05, 3.63) is 431 Å². The molecule has 0 aliphatic carbocycles. The van der Waals surface area contributed by atoms with Gasteiger partial charge in [-0.05, 0) is 164 Å². The number of nitrogens with zero attached hydrogens (tertiary/aromatic N) is 9. The maximum absolute atomic E-state index is 5.08. The molecule has 0 spiro atoms. The van der Waals surface area contributed by atoms with Crippen LogP contribution in [0.1, 0.15) is 0 Å². The van der Waals surface area contributed by atoms with Gasteiger partial charge in [0.2, 0.25) is 11.9 Å². The zero-order valence-corrected chi connectivity index (χ0v) is 61.0. The Hall–Kier alpha value is -15.2. The van der Waals surface area contributed by atoms with E-state index in [0.29, 0.717) is 23.5 Å². The molecule has 0 saturated heterocycles. The molecule has 0 aliphatic heterocycles. The Bertz CT molecular complexity index is 6510. The predicted octanol–water partition coefficient (Wildman–Crippen LogP) is 26.8. The highest BCUT2D eigenvalue weighted by molar-refractivity contribution is 6.11. The zero-order valence-electron chi connectivity index (χ0n) is 61.0. The first-order valence-corrected chi connectivity index (χ1v) is 37.7. The first kappa shape index (κ1) is 67.4. The van der Waals surface area contributed by atoms with E-state index in [9.17, 15) is 0 Å². The quantitative estimate of drug-likeness (QED) is 0.0953. The van der Waals surface area contributed by atoms with Crippen LogP contribution < -0.4 is 9.80 Å². The number of hydrogen-bond donors (Lipinski definition) is 0. The number of para-hydroxylation sites is 3. The van der Waals surface area contributed by atoms with Crippen molar-refractivity contribution in [2.24, 2.45) is 0 Å². The topological polar surface area (TPSA) is 80.8 Å². The second kappa shape index (κ2) is 30.2. The Morgan fingerprint density at radius 2 is 0.438 bits per heavy atom. The molecular weight excluding hydrogens is 1360 g/mol. The summed E-state index contributed by atoms with van der Waals surface area (Å²) in [5, 5.41) is 4.61. The third kappa shape index (κ3) is 13.5. The summed E-state index contributed by atoms with van der Waals surface area (Å²) in [7, 11) is 0. The molecule has 0 fully saturated rings. The molecule has 4 heterocycles. The highest BCUT2D eigenvalue weighted by Gasteiger charge is 2.22. The summed E-state index contributed by atoms with van der Waals surface area (Å²) in [4.78, 5) is 29.5. The number of anilines is 6. The van der Waals surface area contributed by atoms with E-state index in [-0.39, 0.29) is 0 Å². The minimum atomic E-state index is 0.582. The lowest BCUT2D eigenvalue weighted by atomic mass is 10.0. The van der Waals surface area contributed by atoms with Crippen LogP contribution in [0.4, 0.5) is 34.1 Å². The van der Waals surface area contributed by atoms with E-state index in [4.69, 9.17) is 24.9 Å². The average Bonchev–Trinajstić information content (AvgIpc) is 1.57. The van der Waals surface area contributed by atoms with Crippen LogP contribution in [0.3, 0.4) is 0 Å². The van der Waals surface area contributed by atoms with Crippen molar-refractivity contribution in [2.45, 2.75) is 0 Å². The van der Waals surface area contributed by atoms with E-state index < -0.39 is 0 Å². The fourth-order valence-corrected chi connectivity index (χ4v) is 15.2. The van der Waals surface area contributed by atoms with Crippen LogP contribution in [0.15, 0.2) is 431 Å². The Morgan fingerprint density at radius 3 is 0.839 bits per heavy atom. The molecule has 528 valence electrons. The van der Waals surface area contributed by atoms with Crippen molar-refractivity contribution in [3.8, 4) is 101 Å². The molecule has 20 aromatic rings. The highest BCUT2D eigenvalue weighted by atomic mass is 15.2. The van der Waals surface area contributed by atoms with Crippen molar-refractivity contribution in [2.75, 3.05) is 9.80 Å². The Morgan fingerprint density at radius 1 is 0.170 bits per heavy atom. The number of fused-ring (bicyclic) bond motifs is 6. The fourth-order valence-electron chi connectivity index (χ4n) is 15.2. The highest BCUT2D eigenvalue weighted by Crippen LogP contribution is 2.43. The summed E-state index contributed by atoms with van der Waals surface area (Å²) in [6, 6.07) is 147. The van der Waals surface area contributed by atoms with E-state index in [1.54, 1.807) is 0 Å². The molecule has 4 aromatic heterocycles. The zero-order chi connectivity index (χ0) is 74.5. The van der Waals surface area contributed by atoms with Gasteiger partial charge in [0, 0.05) is 84.8 Å². The van der Waals surface area contributed by atoms with Gasteiger partial charge in [-0.15, -0.1) is 0 Å². The van der Waals surface area contributed by atoms with Crippen LogP contribution in [0.5, 0.6) is 0 Å². The minimum absolute atomic E-state index is 0.582. The second-order valence-corrected chi connectivity index (χ2v) is 27.7. The Kier molecular flexibility index (Phi) is 18.2. The average molecular weight is 1430 g/mol. The van der Waals surface area contributed by atoms with Gasteiger partial charge in [0.1, 0.15) is 0 Å². The molecule has 0 bridgehead atoms. The second-order valence-electron chi connectivity index (χ2n) is 27.7.